The summed E-state index contributed by atoms with van der Waals surface area (Å²) in [6.45, 7) is 1.94. The van der Waals surface area contributed by atoms with Gasteiger partial charge in [-0.25, -0.2) is 4.98 Å². The first-order valence-electron chi connectivity index (χ1n) is 9.23. The zero-order valence-electron chi connectivity index (χ0n) is 15.1. The summed E-state index contributed by atoms with van der Waals surface area (Å²) in [5, 5.41) is 3.06. The molecule has 0 spiro atoms. The van der Waals surface area contributed by atoms with Crippen molar-refractivity contribution in [1.29, 1.82) is 0 Å². The molecule has 0 unspecified atom stereocenters. The van der Waals surface area contributed by atoms with Crippen LogP contribution in [0.3, 0.4) is 0 Å². The number of rotatable bonds is 4. The second kappa shape index (κ2) is 9.26. The van der Waals surface area contributed by atoms with Gasteiger partial charge in [-0.1, -0.05) is 12.1 Å². The number of benzene rings is 1. The number of thioether (sulfide) groups is 3. The van der Waals surface area contributed by atoms with Gasteiger partial charge in [-0.15, -0.1) is 23.5 Å². The van der Waals surface area contributed by atoms with Gasteiger partial charge in [0, 0.05) is 36.4 Å². The molecule has 1 aromatic carbocycles. The Morgan fingerprint density at radius 1 is 1.04 bits per heavy atom. The van der Waals surface area contributed by atoms with Crippen LogP contribution in [0.1, 0.15) is 26.9 Å². The second-order valence-corrected chi connectivity index (χ2v) is 10.4. The molecule has 1 amide bonds. The van der Waals surface area contributed by atoms with E-state index in [-0.39, 0.29) is 5.91 Å². The van der Waals surface area contributed by atoms with Crippen molar-refractivity contribution >= 4 is 52.7 Å². The van der Waals surface area contributed by atoms with E-state index in [1.807, 2.05) is 59.6 Å². The largest absolute Gasteiger partial charge is 0.353 e. The summed E-state index contributed by atoms with van der Waals surface area (Å²) in [4.78, 5) is 19.5. The number of hydrogen-bond acceptors (Lipinski definition) is 6. The quantitative estimate of drug-likeness (QED) is 0.774. The van der Waals surface area contributed by atoms with E-state index >= 15 is 0 Å². The molecule has 2 aliphatic rings. The van der Waals surface area contributed by atoms with Crippen LogP contribution in [-0.2, 0) is 0 Å². The monoisotopic (exact) mass is 417 g/mol. The number of carbonyl (C=O) groups is 1. The molecule has 0 radical (unpaired) electrons. The highest BCUT2D eigenvalue weighted by atomic mass is 32.2. The average molecular weight is 418 g/mol. The Labute approximate surface area is 173 Å². The van der Waals surface area contributed by atoms with Crippen LogP contribution in [0.2, 0.25) is 0 Å². The third-order valence-corrected chi connectivity index (χ3v) is 8.58. The second-order valence-electron chi connectivity index (χ2n) is 6.48. The first-order chi connectivity index (χ1) is 13.3. The number of carbonyl (C=O) groups excluding carboxylic acids is 1. The molecule has 4 rings (SSSR count). The fraction of sp³-hybridized carbons (Fsp3) is 0.400. The van der Waals surface area contributed by atoms with Crippen LogP contribution >= 0.6 is 35.3 Å². The molecular formula is C20H23N3OS3. The Kier molecular flexibility index (Phi) is 6.52. The predicted molar refractivity (Wildman–Crippen MR) is 120 cm³/mol. The normalized spacial score (nSPS) is 18.3. The van der Waals surface area contributed by atoms with Crippen molar-refractivity contribution < 1.29 is 4.79 Å². The van der Waals surface area contributed by atoms with Gasteiger partial charge in [0.25, 0.3) is 5.91 Å². The van der Waals surface area contributed by atoms with Crippen molar-refractivity contribution in [3.05, 3.63) is 53.7 Å². The molecule has 4 nitrogen and oxygen atoms in total. The number of aromatic nitrogens is 1. The van der Waals surface area contributed by atoms with E-state index in [0.717, 1.165) is 36.1 Å². The van der Waals surface area contributed by atoms with Gasteiger partial charge in [-0.2, -0.15) is 11.8 Å². The van der Waals surface area contributed by atoms with Crippen molar-refractivity contribution in [2.45, 2.75) is 11.0 Å². The summed E-state index contributed by atoms with van der Waals surface area (Å²) < 4.78 is 0.498. The molecular weight excluding hydrogens is 394 g/mol. The molecule has 27 heavy (non-hydrogen) atoms. The highest BCUT2D eigenvalue weighted by molar-refractivity contribution is 8.16. The molecule has 142 valence electrons. The lowest BCUT2D eigenvalue weighted by Crippen LogP contribution is -2.34. The van der Waals surface area contributed by atoms with Crippen molar-refractivity contribution in [1.82, 2.24) is 4.98 Å². The van der Waals surface area contributed by atoms with Gasteiger partial charge in [0.1, 0.15) is 0 Å². The molecule has 1 aromatic heterocycles. The molecule has 2 fully saturated rings. The molecule has 3 heterocycles. The lowest BCUT2D eigenvalue weighted by molar-refractivity contribution is 0.102. The Hall–Kier alpha value is -1.31. The van der Waals surface area contributed by atoms with Crippen LogP contribution in [0.25, 0.3) is 0 Å². The van der Waals surface area contributed by atoms with Gasteiger partial charge < -0.3 is 10.2 Å². The van der Waals surface area contributed by atoms with Crippen LogP contribution in [0.15, 0.2) is 42.6 Å². The SMILES string of the molecule is O=C(Nc1cccnc1N1CCSCC1)c1ccc(C2SCCCS2)cc1. The van der Waals surface area contributed by atoms with Crippen molar-refractivity contribution in [3.8, 4) is 0 Å². The van der Waals surface area contributed by atoms with E-state index in [1.54, 1.807) is 6.20 Å². The Morgan fingerprint density at radius 2 is 1.78 bits per heavy atom. The first-order valence-corrected chi connectivity index (χ1v) is 12.5. The minimum atomic E-state index is -0.0777. The summed E-state index contributed by atoms with van der Waals surface area (Å²) in [5.74, 6) is 5.44. The van der Waals surface area contributed by atoms with Crippen LogP contribution in [-0.4, -0.2) is 47.0 Å². The number of nitrogens with zero attached hydrogens (tertiary/aromatic N) is 2. The van der Waals surface area contributed by atoms with E-state index in [0.29, 0.717) is 10.1 Å². The molecule has 1 N–H and O–H groups in total. The summed E-state index contributed by atoms with van der Waals surface area (Å²) in [6.07, 6.45) is 3.08. The highest BCUT2D eigenvalue weighted by Gasteiger charge is 2.19. The predicted octanol–water partition coefficient (Wildman–Crippen LogP) is 4.76. The third-order valence-electron chi connectivity index (χ3n) is 4.62. The van der Waals surface area contributed by atoms with E-state index < -0.39 is 0 Å². The number of amides is 1. The summed E-state index contributed by atoms with van der Waals surface area (Å²) in [5.41, 5.74) is 2.78. The molecule has 0 aliphatic carbocycles. The Morgan fingerprint density at radius 3 is 2.52 bits per heavy atom. The van der Waals surface area contributed by atoms with Gasteiger partial charge in [0.05, 0.1) is 10.3 Å². The molecule has 2 aromatic rings. The Bertz CT molecular complexity index is 772. The van der Waals surface area contributed by atoms with Gasteiger partial charge in [-0.3, -0.25) is 4.79 Å². The molecule has 2 saturated heterocycles. The van der Waals surface area contributed by atoms with Crippen molar-refractivity contribution in [2.24, 2.45) is 0 Å². The van der Waals surface area contributed by atoms with E-state index in [4.69, 9.17) is 0 Å². The van der Waals surface area contributed by atoms with Gasteiger partial charge in [0.2, 0.25) is 0 Å². The molecule has 2 aliphatic heterocycles. The molecule has 0 saturated carbocycles. The lowest BCUT2D eigenvalue weighted by Gasteiger charge is -2.29. The number of anilines is 2. The number of nitrogens with one attached hydrogen (secondary N) is 1. The maximum absolute atomic E-state index is 12.8. The summed E-state index contributed by atoms with van der Waals surface area (Å²) in [7, 11) is 0. The maximum atomic E-state index is 12.8. The lowest BCUT2D eigenvalue weighted by atomic mass is 10.1. The zero-order chi connectivity index (χ0) is 18.5. The minimum Gasteiger partial charge on any atom is -0.353 e. The molecule has 0 atom stereocenters. The smallest absolute Gasteiger partial charge is 0.255 e. The third kappa shape index (κ3) is 4.76. The van der Waals surface area contributed by atoms with Crippen LogP contribution < -0.4 is 10.2 Å². The maximum Gasteiger partial charge on any atom is 0.255 e. The average Bonchev–Trinajstić information content (AvgIpc) is 2.75. The van der Waals surface area contributed by atoms with Crippen molar-refractivity contribution in [3.63, 3.8) is 0 Å². The minimum absolute atomic E-state index is 0.0777. The molecule has 0 bridgehead atoms. The fourth-order valence-corrected chi connectivity index (χ4v) is 6.99. The van der Waals surface area contributed by atoms with E-state index in [2.05, 4.69) is 27.3 Å². The van der Waals surface area contributed by atoms with Gasteiger partial charge in [-0.05, 0) is 47.8 Å². The van der Waals surface area contributed by atoms with Gasteiger partial charge in [0.15, 0.2) is 5.82 Å². The van der Waals surface area contributed by atoms with Crippen molar-refractivity contribution in [2.75, 3.05) is 46.3 Å². The first kappa shape index (κ1) is 19.0. The van der Waals surface area contributed by atoms with Crippen LogP contribution in [0, 0.1) is 0 Å². The fourth-order valence-electron chi connectivity index (χ4n) is 3.19. The van der Waals surface area contributed by atoms with Crippen LogP contribution in [0.4, 0.5) is 11.5 Å². The van der Waals surface area contributed by atoms with E-state index in [1.165, 1.54) is 23.5 Å². The standard InChI is InChI=1S/C20H23N3OS3/c24-19(15-4-6-16(7-5-15)20-26-11-2-12-27-20)22-17-3-1-8-21-18(17)23-9-13-25-14-10-23/h1,3-8,20H,2,9-14H2,(H,22,24). The summed E-state index contributed by atoms with van der Waals surface area (Å²) >= 11 is 5.96. The zero-order valence-corrected chi connectivity index (χ0v) is 17.5. The van der Waals surface area contributed by atoms with Crippen LogP contribution in [0.5, 0.6) is 0 Å². The molecule has 7 heteroatoms. The Balaban J connectivity index is 1.46. The number of pyridine rings is 1. The van der Waals surface area contributed by atoms with E-state index in [9.17, 15) is 4.79 Å². The summed E-state index contributed by atoms with van der Waals surface area (Å²) in [6, 6.07) is 11.9. The number of hydrogen-bond donors (Lipinski definition) is 1. The topological polar surface area (TPSA) is 45.2 Å². The van der Waals surface area contributed by atoms with Gasteiger partial charge >= 0.3 is 0 Å². The highest BCUT2D eigenvalue weighted by Crippen LogP contribution is 2.43.